The van der Waals surface area contributed by atoms with E-state index in [0.717, 1.165) is 25.1 Å². The highest BCUT2D eigenvalue weighted by Crippen LogP contribution is 2.31. The lowest BCUT2D eigenvalue weighted by molar-refractivity contribution is 0.0827. The Morgan fingerprint density at radius 3 is 2.60 bits per heavy atom. The van der Waals surface area contributed by atoms with Crippen molar-refractivity contribution in [2.75, 3.05) is 19.4 Å². The third-order valence-electron chi connectivity index (χ3n) is 4.82. The van der Waals surface area contributed by atoms with Gasteiger partial charge in [-0.1, -0.05) is 18.6 Å². The minimum absolute atomic E-state index is 0.0471. The zero-order valence-corrected chi connectivity index (χ0v) is 14.7. The smallest absolute Gasteiger partial charge is 0.254 e. The van der Waals surface area contributed by atoms with Crippen molar-refractivity contribution in [3.63, 3.8) is 0 Å². The molecule has 2 atom stereocenters. The van der Waals surface area contributed by atoms with Gasteiger partial charge in [-0.3, -0.25) is 4.79 Å². The van der Waals surface area contributed by atoms with Gasteiger partial charge < -0.3 is 10.2 Å². The van der Waals surface area contributed by atoms with Crippen molar-refractivity contribution < 1.29 is 9.18 Å². The molecule has 1 aromatic heterocycles. The molecule has 1 aliphatic rings. The molecule has 1 N–H and O–H groups in total. The maximum Gasteiger partial charge on any atom is 0.254 e. The second-order valence-electron chi connectivity index (χ2n) is 6.90. The van der Waals surface area contributed by atoms with Crippen molar-refractivity contribution >= 4 is 11.7 Å². The van der Waals surface area contributed by atoms with Crippen LogP contribution in [0, 0.1) is 11.7 Å². The van der Waals surface area contributed by atoms with E-state index in [1.54, 1.807) is 25.2 Å². The number of pyridine rings is 1. The van der Waals surface area contributed by atoms with Crippen LogP contribution in [0.2, 0.25) is 0 Å². The first-order valence-corrected chi connectivity index (χ1v) is 8.71. The number of hydrogen-bond donors (Lipinski definition) is 1. The van der Waals surface area contributed by atoms with Crippen LogP contribution < -0.4 is 5.32 Å². The number of rotatable bonds is 5. The molecule has 1 heterocycles. The van der Waals surface area contributed by atoms with Crippen molar-refractivity contribution in [3.05, 3.63) is 59.5 Å². The molecule has 1 fully saturated rings. The Morgan fingerprint density at radius 1 is 1.20 bits per heavy atom. The van der Waals surface area contributed by atoms with Gasteiger partial charge in [-0.25, -0.2) is 9.37 Å². The average Bonchev–Trinajstić information content (AvgIpc) is 3.03. The summed E-state index contributed by atoms with van der Waals surface area (Å²) in [5, 5.41) is 3.51. The maximum atomic E-state index is 13.1. The minimum Gasteiger partial charge on any atom is -0.367 e. The Bertz CT molecular complexity index is 713. The number of aromatic nitrogens is 1. The summed E-state index contributed by atoms with van der Waals surface area (Å²) < 4.78 is 13.1. The second-order valence-corrected chi connectivity index (χ2v) is 6.90. The van der Waals surface area contributed by atoms with Gasteiger partial charge in [-0.15, -0.1) is 0 Å². The van der Waals surface area contributed by atoms with E-state index in [-0.39, 0.29) is 11.7 Å². The van der Waals surface area contributed by atoms with Crippen molar-refractivity contribution in [2.45, 2.75) is 31.7 Å². The molecule has 0 aliphatic heterocycles. The highest BCUT2D eigenvalue weighted by Gasteiger charge is 2.27. The van der Waals surface area contributed by atoms with Gasteiger partial charge in [0.1, 0.15) is 11.6 Å². The van der Waals surface area contributed by atoms with Gasteiger partial charge in [0.05, 0.1) is 5.56 Å². The number of benzene rings is 1. The van der Waals surface area contributed by atoms with E-state index >= 15 is 0 Å². The lowest BCUT2D eigenvalue weighted by atomic mass is 9.94. The molecular formula is C20H24FN3O. The van der Waals surface area contributed by atoms with Crippen LogP contribution in [0.4, 0.5) is 10.2 Å². The molecule has 0 radical (unpaired) electrons. The molecule has 0 bridgehead atoms. The van der Waals surface area contributed by atoms with Crippen LogP contribution in [0.15, 0.2) is 42.6 Å². The number of amides is 1. The van der Waals surface area contributed by atoms with Crippen LogP contribution in [0.1, 0.15) is 35.2 Å². The van der Waals surface area contributed by atoms with Crippen molar-refractivity contribution in [3.8, 4) is 0 Å². The van der Waals surface area contributed by atoms with Gasteiger partial charge in [-0.05, 0) is 55.0 Å². The van der Waals surface area contributed by atoms with Crippen LogP contribution in [-0.4, -0.2) is 35.9 Å². The summed E-state index contributed by atoms with van der Waals surface area (Å²) in [5.41, 5.74) is 1.75. The fraction of sp³-hybridized carbons (Fsp3) is 0.400. The second kappa shape index (κ2) is 7.64. The first-order chi connectivity index (χ1) is 12.0. The molecule has 1 aromatic carbocycles. The SMILES string of the molecule is CN(C)C(=O)c1ccc(N[C@H]2CCC[C@H]2Cc2ccc(F)cc2)nc1. The van der Waals surface area contributed by atoms with Crippen molar-refractivity contribution in [2.24, 2.45) is 5.92 Å². The summed E-state index contributed by atoms with van der Waals surface area (Å²) in [6.07, 6.45) is 6.00. The summed E-state index contributed by atoms with van der Waals surface area (Å²) >= 11 is 0. The summed E-state index contributed by atoms with van der Waals surface area (Å²) in [6.45, 7) is 0. The zero-order valence-electron chi connectivity index (χ0n) is 14.7. The number of carbonyl (C=O) groups is 1. The summed E-state index contributed by atoms with van der Waals surface area (Å²) in [4.78, 5) is 17.9. The largest absolute Gasteiger partial charge is 0.367 e. The Kier molecular flexibility index (Phi) is 5.31. The third kappa shape index (κ3) is 4.35. The molecule has 25 heavy (non-hydrogen) atoms. The average molecular weight is 341 g/mol. The predicted octanol–water partition coefficient (Wildman–Crippen LogP) is 3.75. The highest BCUT2D eigenvalue weighted by molar-refractivity contribution is 5.93. The van der Waals surface area contributed by atoms with Crippen molar-refractivity contribution in [1.29, 1.82) is 0 Å². The highest BCUT2D eigenvalue weighted by atomic mass is 19.1. The molecule has 1 saturated carbocycles. The Balaban J connectivity index is 1.63. The molecule has 2 aromatic rings. The lowest BCUT2D eigenvalue weighted by Crippen LogP contribution is -2.26. The fourth-order valence-corrected chi connectivity index (χ4v) is 3.45. The topological polar surface area (TPSA) is 45.2 Å². The zero-order chi connectivity index (χ0) is 17.8. The molecular weight excluding hydrogens is 317 g/mol. The molecule has 5 heteroatoms. The number of nitrogens with one attached hydrogen (secondary N) is 1. The Labute approximate surface area is 148 Å². The standard InChI is InChI=1S/C20H24FN3O/c1-24(2)20(25)16-8-11-19(22-13-16)23-18-5-3-4-15(18)12-14-6-9-17(21)10-7-14/h6-11,13,15,18H,3-5,12H2,1-2H3,(H,22,23)/t15-,18-/m0/s1. The van der Waals surface area contributed by atoms with Crippen LogP contribution in [0.25, 0.3) is 0 Å². The molecule has 0 spiro atoms. The van der Waals surface area contributed by atoms with Gasteiger partial charge in [0.25, 0.3) is 5.91 Å². The molecule has 0 unspecified atom stereocenters. The Hall–Kier alpha value is -2.43. The van der Waals surface area contributed by atoms with Gasteiger partial charge in [-0.2, -0.15) is 0 Å². The number of anilines is 1. The van der Waals surface area contributed by atoms with E-state index in [1.165, 1.54) is 24.1 Å². The molecule has 3 rings (SSSR count). The first-order valence-electron chi connectivity index (χ1n) is 8.71. The van der Waals surface area contributed by atoms with Gasteiger partial charge in [0, 0.05) is 26.3 Å². The third-order valence-corrected chi connectivity index (χ3v) is 4.82. The van der Waals surface area contributed by atoms with E-state index in [1.807, 2.05) is 24.3 Å². The number of nitrogens with zero attached hydrogens (tertiary/aromatic N) is 2. The fourth-order valence-electron chi connectivity index (χ4n) is 3.45. The van der Waals surface area contributed by atoms with E-state index < -0.39 is 0 Å². The van der Waals surface area contributed by atoms with E-state index in [4.69, 9.17) is 0 Å². The van der Waals surface area contributed by atoms with Crippen molar-refractivity contribution in [1.82, 2.24) is 9.88 Å². The normalized spacial score (nSPS) is 19.6. The lowest BCUT2D eigenvalue weighted by Gasteiger charge is -2.22. The number of hydrogen-bond acceptors (Lipinski definition) is 3. The Morgan fingerprint density at radius 2 is 1.96 bits per heavy atom. The van der Waals surface area contributed by atoms with E-state index in [0.29, 0.717) is 17.5 Å². The molecule has 4 nitrogen and oxygen atoms in total. The monoisotopic (exact) mass is 341 g/mol. The van der Waals surface area contributed by atoms with Gasteiger partial charge in [0.15, 0.2) is 0 Å². The van der Waals surface area contributed by atoms with Gasteiger partial charge >= 0.3 is 0 Å². The van der Waals surface area contributed by atoms with Crippen LogP contribution in [-0.2, 0) is 6.42 Å². The predicted molar refractivity (Wildman–Crippen MR) is 97.1 cm³/mol. The maximum absolute atomic E-state index is 13.1. The summed E-state index contributed by atoms with van der Waals surface area (Å²) in [6, 6.07) is 10.8. The van der Waals surface area contributed by atoms with Crippen LogP contribution >= 0.6 is 0 Å². The number of carbonyl (C=O) groups excluding carboxylic acids is 1. The first kappa shape index (κ1) is 17.4. The molecule has 132 valence electrons. The van der Waals surface area contributed by atoms with E-state index in [9.17, 15) is 9.18 Å². The molecule has 1 aliphatic carbocycles. The quantitative estimate of drug-likeness (QED) is 0.901. The van der Waals surface area contributed by atoms with Crippen LogP contribution in [0.5, 0.6) is 0 Å². The summed E-state index contributed by atoms with van der Waals surface area (Å²) in [5.74, 6) is 1.07. The number of halogens is 1. The van der Waals surface area contributed by atoms with Crippen LogP contribution in [0.3, 0.4) is 0 Å². The minimum atomic E-state index is -0.193. The summed E-state index contributed by atoms with van der Waals surface area (Å²) in [7, 11) is 3.46. The van der Waals surface area contributed by atoms with E-state index in [2.05, 4.69) is 10.3 Å². The molecule has 0 saturated heterocycles. The van der Waals surface area contributed by atoms with Gasteiger partial charge in [0.2, 0.25) is 0 Å². The molecule has 1 amide bonds.